The van der Waals surface area contributed by atoms with Gasteiger partial charge in [-0.1, -0.05) is 37.3 Å². The quantitative estimate of drug-likeness (QED) is 0.629. The molecule has 2 aromatic carbocycles. The van der Waals surface area contributed by atoms with Crippen LogP contribution in [0.3, 0.4) is 0 Å². The maximum Gasteiger partial charge on any atom is 0.274 e. The molecule has 3 aromatic rings. The lowest BCUT2D eigenvalue weighted by Gasteiger charge is -2.28. The molecule has 5 nitrogen and oxygen atoms in total. The molecule has 1 unspecified atom stereocenters. The summed E-state index contributed by atoms with van der Waals surface area (Å²) >= 11 is 0. The van der Waals surface area contributed by atoms with Crippen molar-refractivity contribution in [3.63, 3.8) is 0 Å². The van der Waals surface area contributed by atoms with Gasteiger partial charge in [0, 0.05) is 16.5 Å². The number of benzene rings is 2. The van der Waals surface area contributed by atoms with Crippen molar-refractivity contribution in [2.45, 2.75) is 26.4 Å². The zero-order chi connectivity index (χ0) is 19.4. The summed E-state index contributed by atoms with van der Waals surface area (Å²) in [5, 5.41) is 1.04. The van der Waals surface area contributed by atoms with Crippen LogP contribution in [0.15, 0.2) is 54.6 Å². The van der Waals surface area contributed by atoms with Crippen LogP contribution in [0.25, 0.3) is 22.2 Å². The Labute approximate surface area is 160 Å². The molecule has 0 spiro atoms. The average molecular weight is 365 g/mol. The van der Waals surface area contributed by atoms with Crippen molar-refractivity contribution in [1.82, 2.24) is 14.9 Å². The summed E-state index contributed by atoms with van der Waals surface area (Å²) in [6, 6.07) is 18.3. The molecule has 0 aliphatic heterocycles. The standard InChI is InChI=1S/C22H27N3O2/c1-5-21(24(3)4)25-19-13-12-17(22(26)23-27-6-2)14-18(19)15-20(25)16-10-8-7-9-11-16/h7-15,21H,5-6H2,1-4H3,(H,23,26). The van der Waals surface area contributed by atoms with Gasteiger partial charge in [-0.15, -0.1) is 0 Å². The fraction of sp³-hybridized carbons (Fsp3) is 0.318. The Hall–Kier alpha value is -2.63. The van der Waals surface area contributed by atoms with Gasteiger partial charge >= 0.3 is 0 Å². The Balaban J connectivity index is 2.16. The minimum Gasteiger partial charge on any atom is -0.324 e. The van der Waals surface area contributed by atoms with E-state index in [-0.39, 0.29) is 12.1 Å². The second-order valence-electron chi connectivity index (χ2n) is 6.76. The van der Waals surface area contributed by atoms with E-state index in [2.05, 4.69) is 66.3 Å². The monoisotopic (exact) mass is 365 g/mol. The predicted octanol–water partition coefficient (Wildman–Crippen LogP) is 4.46. The van der Waals surface area contributed by atoms with Crippen LogP contribution in [-0.2, 0) is 4.84 Å². The van der Waals surface area contributed by atoms with E-state index in [9.17, 15) is 4.79 Å². The third-order valence-electron chi connectivity index (χ3n) is 4.74. The number of rotatable bonds is 7. The molecule has 0 radical (unpaired) electrons. The van der Waals surface area contributed by atoms with E-state index in [1.807, 2.05) is 31.2 Å². The number of fused-ring (bicyclic) bond motifs is 1. The predicted molar refractivity (Wildman–Crippen MR) is 109 cm³/mol. The summed E-state index contributed by atoms with van der Waals surface area (Å²) in [7, 11) is 4.19. The highest BCUT2D eigenvalue weighted by atomic mass is 16.6. The number of hydroxylamine groups is 1. The zero-order valence-electron chi connectivity index (χ0n) is 16.4. The molecule has 1 aromatic heterocycles. The number of nitrogens with one attached hydrogen (secondary N) is 1. The normalized spacial score (nSPS) is 12.5. The molecule has 142 valence electrons. The van der Waals surface area contributed by atoms with E-state index in [4.69, 9.17) is 4.84 Å². The summed E-state index contributed by atoms with van der Waals surface area (Å²) in [6.07, 6.45) is 1.20. The molecule has 3 rings (SSSR count). The lowest BCUT2D eigenvalue weighted by molar-refractivity contribution is 0.0364. The highest BCUT2D eigenvalue weighted by Crippen LogP contribution is 2.33. The molecule has 1 amide bonds. The first-order chi connectivity index (χ1) is 13.1. The zero-order valence-corrected chi connectivity index (χ0v) is 16.4. The van der Waals surface area contributed by atoms with E-state index in [0.717, 1.165) is 28.6 Å². The summed E-state index contributed by atoms with van der Waals surface area (Å²) in [5.74, 6) is -0.229. The van der Waals surface area contributed by atoms with Gasteiger partial charge in [0.25, 0.3) is 5.91 Å². The molecule has 0 aliphatic rings. The number of amides is 1. The highest BCUT2D eigenvalue weighted by Gasteiger charge is 2.20. The first kappa shape index (κ1) is 19.1. The Morgan fingerprint density at radius 3 is 2.48 bits per heavy atom. The molecule has 0 bridgehead atoms. The van der Waals surface area contributed by atoms with Crippen molar-refractivity contribution in [2.75, 3.05) is 20.7 Å². The number of hydrogen-bond acceptors (Lipinski definition) is 3. The first-order valence-electron chi connectivity index (χ1n) is 9.35. The summed E-state index contributed by atoms with van der Waals surface area (Å²) < 4.78 is 2.36. The van der Waals surface area contributed by atoms with Gasteiger partial charge in [-0.3, -0.25) is 14.5 Å². The lowest BCUT2D eigenvalue weighted by Crippen LogP contribution is -2.25. The van der Waals surface area contributed by atoms with E-state index < -0.39 is 0 Å². The van der Waals surface area contributed by atoms with Crippen LogP contribution in [0.4, 0.5) is 0 Å². The van der Waals surface area contributed by atoms with Crippen LogP contribution in [0.5, 0.6) is 0 Å². The molecule has 5 heteroatoms. The van der Waals surface area contributed by atoms with Crippen molar-refractivity contribution in [3.05, 3.63) is 60.2 Å². The van der Waals surface area contributed by atoms with E-state index in [0.29, 0.717) is 12.2 Å². The van der Waals surface area contributed by atoms with Gasteiger partial charge in [0.2, 0.25) is 0 Å². The fourth-order valence-electron chi connectivity index (χ4n) is 3.51. The van der Waals surface area contributed by atoms with E-state index in [1.165, 1.54) is 0 Å². The Kier molecular flexibility index (Phi) is 5.94. The number of hydrogen-bond donors (Lipinski definition) is 1. The van der Waals surface area contributed by atoms with Gasteiger partial charge in [0.15, 0.2) is 0 Å². The average Bonchev–Trinajstić information content (AvgIpc) is 3.05. The second-order valence-corrected chi connectivity index (χ2v) is 6.76. The maximum atomic E-state index is 12.3. The Morgan fingerprint density at radius 1 is 1.11 bits per heavy atom. The molecular formula is C22H27N3O2. The SMILES string of the molecule is CCONC(=O)c1ccc2c(c1)cc(-c1ccccc1)n2C(CC)N(C)C. The smallest absolute Gasteiger partial charge is 0.274 e. The van der Waals surface area contributed by atoms with Gasteiger partial charge in [-0.05, 0) is 57.3 Å². The Morgan fingerprint density at radius 2 is 1.85 bits per heavy atom. The van der Waals surface area contributed by atoms with Gasteiger partial charge in [-0.2, -0.15) is 0 Å². The van der Waals surface area contributed by atoms with Gasteiger partial charge in [-0.25, -0.2) is 5.48 Å². The summed E-state index contributed by atoms with van der Waals surface area (Å²) in [6.45, 7) is 4.46. The fourth-order valence-corrected chi connectivity index (χ4v) is 3.51. The summed E-state index contributed by atoms with van der Waals surface area (Å²) in [4.78, 5) is 19.5. The van der Waals surface area contributed by atoms with Crippen molar-refractivity contribution in [3.8, 4) is 11.3 Å². The Bertz CT molecular complexity index is 916. The molecule has 1 atom stereocenters. The third kappa shape index (κ3) is 3.89. The topological polar surface area (TPSA) is 46.5 Å². The number of carbonyl (C=O) groups excluding carboxylic acids is 1. The number of carbonyl (C=O) groups is 1. The van der Waals surface area contributed by atoms with Gasteiger partial charge in [0.05, 0.1) is 18.5 Å². The third-order valence-corrected chi connectivity index (χ3v) is 4.74. The molecule has 0 fully saturated rings. The largest absolute Gasteiger partial charge is 0.324 e. The van der Waals surface area contributed by atoms with Crippen molar-refractivity contribution in [1.29, 1.82) is 0 Å². The van der Waals surface area contributed by atoms with Crippen molar-refractivity contribution >= 4 is 16.8 Å². The van der Waals surface area contributed by atoms with Crippen molar-refractivity contribution in [2.24, 2.45) is 0 Å². The minimum atomic E-state index is -0.229. The van der Waals surface area contributed by atoms with E-state index >= 15 is 0 Å². The van der Waals surface area contributed by atoms with Crippen LogP contribution in [0, 0.1) is 0 Å². The van der Waals surface area contributed by atoms with Crippen LogP contribution in [0.1, 0.15) is 36.8 Å². The molecule has 0 saturated carbocycles. The molecule has 1 N–H and O–H groups in total. The van der Waals surface area contributed by atoms with Crippen LogP contribution < -0.4 is 5.48 Å². The first-order valence-corrected chi connectivity index (χ1v) is 9.35. The maximum absolute atomic E-state index is 12.3. The minimum absolute atomic E-state index is 0.223. The number of aromatic nitrogens is 1. The molecular weight excluding hydrogens is 338 g/mol. The molecule has 1 heterocycles. The van der Waals surface area contributed by atoms with Gasteiger partial charge < -0.3 is 4.57 Å². The molecule has 27 heavy (non-hydrogen) atoms. The van der Waals surface area contributed by atoms with Gasteiger partial charge in [0.1, 0.15) is 0 Å². The summed E-state index contributed by atoms with van der Waals surface area (Å²) in [5.41, 5.74) is 6.47. The lowest BCUT2D eigenvalue weighted by atomic mass is 10.1. The van der Waals surface area contributed by atoms with E-state index in [1.54, 1.807) is 0 Å². The molecule has 0 saturated heterocycles. The second kappa shape index (κ2) is 8.37. The number of nitrogens with zero attached hydrogens (tertiary/aromatic N) is 2. The highest BCUT2D eigenvalue weighted by molar-refractivity contribution is 5.98. The van der Waals surface area contributed by atoms with Crippen molar-refractivity contribution < 1.29 is 9.63 Å². The van der Waals surface area contributed by atoms with Crippen LogP contribution in [-0.4, -0.2) is 36.1 Å². The molecule has 0 aliphatic carbocycles. The van der Waals surface area contributed by atoms with Crippen LogP contribution >= 0.6 is 0 Å². The van der Waals surface area contributed by atoms with Crippen LogP contribution in [0.2, 0.25) is 0 Å².